The Labute approximate surface area is 184 Å². The molecule has 6 heteroatoms. The van der Waals surface area contributed by atoms with Gasteiger partial charge < -0.3 is 18.9 Å². The highest BCUT2D eigenvalue weighted by atomic mass is 16.8. The Kier molecular flexibility index (Phi) is 3.86. The molecular formula is C25H36O6. The summed E-state index contributed by atoms with van der Waals surface area (Å²) in [5.41, 5.74) is -0.233. The molecule has 4 saturated carbocycles. The van der Waals surface area contributed by atoms with Gasteiger partial charge in [-0.1, -0.05) is 13.8 Å². The van der Waals surface area contributed by atoms with Crippen molar-refractivity contribution in [1.82, 2.24) is 0 Å². The van der Waals surface area contributed by atoms with Crippen LogP contribution in [0.4, 0.5) is 0 Å². The summed E-state index contributed by atoms with van der Waals surface area (Å²) in [7, 11) is 0. The summed E-state index contributed by atoms with van der Waals surface area (Å²) >= 11 is 0. The Balaban J connectivity index is 1.27. The van der Waals surface area contributed by atoms with Gasteiger partial charge in [0, 0.05) is 38.0 Å². The number of ether oxygens (including phenoxy) is 4. The zero-order valence-electron chi connectivity index (χ0n) is 19.5. The highest BCUT2D eigenvalue weighted by Gasteiger charge is 2.84. The molecule has 4 aliphatic carbocycles. The Bertz CT molecular complexity index is 857. The zero-order chi connectivity index (χ0) is 22.0. The highest BCUT2D eigenvalue weighted by molar-refractivity contribution is 5.67. The molecule has 2 spiro atoms. The summed E-state index contributed by atoms with van der Waals surface area (Å²) in [6, 6.07) is 0. The summed E-state index contributed by atoms with van der Waals surface area (Å²) in [5.74, 6) is 0.632. The van der Waals surface area contributed by atoms with Gasteiger partial charge in [-0.3, -0.25) is 9.59 Å². The van der Waals surface area contributed by atoms with Crippen LogP contribution in [0.15, 0.2) is 0 Å². The number of carbonyl (C=O) groups excluding carboxylic acids is 2. The van der Waals surface area contributed by atoms with Crippen molar-refractivity contribution < 1.29 is 28.5 Å². The van der Waals surface area contributed by atoms with Gasteiger partial charge in [-0.15, -0.1) is 0 Å². The second-order valence-corrected chi connectivity index (χ2v) is 12.0. The molecule has 6 rings (SSSR count). The van der Waals surface area contributed by atoms with Crippen LogP contribution in [0.25, 0.3) is 0 Å². The second-order valence-electron chi connectivity index (χ2n) is 12.0. The van der Waals surface area contributed by atoms with Crippen molar-refractivity contribution in [2.45, 2.75) is 115 Å². The van der Waals surface area contributed by atoms with E-state index in [4.69, 9.17) is 18.9 Å². The number of hydrogen-bond acceptors (Lipinski definition) is 6. The van der Waals surface area contributed by atoms with Crippen molar-refractivity contribution in [2.24, 2.45) is 28.6 Å². The fourth-order valence-corrected chi connectivity index (χ4v) is 9.57. The van der Waals surface area contributed by atoms with E-state index in [2.05, 4.69) is 13.8 Å². The van der Waals surface area contributed by atoms with Gasteiger partial charge in [0.1, 0.15) is 17.3 Å². The quantitative estimate of drug-likeness (QED) is 0.482. The van der Waals surface area contributed by atoms with Gasteiger partial charge in [-0.2, -0.15) is 0 Å². The van der Waals surface area contributed by atoms with E-state index in [1.807, 2.05) is 6.92 Å². The SMILES string of the molecule is CC(=O)O[C@@H]1CC[C@]2(C)[C@H]3CC[C@@]4(C)[C@@H](CC[C@]45O[C@]5(C)OC(C)=O)[C@@H]3C[C@H]3O[C@]32C1. The molecule has 6 nitrogen and oxygen atoms in total. The van der Waals surface area contributed by atoms with Gasteiger partial charge in [0.25, 0.3) is 0 Å². The summed E-state index contributed by atoms with van der Waals surface area (Å²) in [5, 5.41) is 0. The minimum absolute atomic E-state index is 0.0000302. The van der Waals surface area contributed by atoms with Crippen LogP contribution in [0.1, 0.15) is 86.0 Å². The van der Waals surface area contributed by atoms with Crippen LogP contribution in [-0.4, -0.2) is 41.1 Å². The van der Waals surface area contributed by atoms with Crippen LogP contribution in [0.5, 0.6) is 0 Å². The topological polar surface area (TPSA) is 77.7 Å². The molecule has 2 saturated heterocycles. The standard InChI is InChI=1S/C25H36O6/c1-14(26)28-16-6-9-21(3)18-7-10-22(4)19(17(18)12-20-24(21,13-16)30-20)8-11-25(22)23(5,31-25)29-15(2)27/h16-20H,6-13H2,1-5H3/t16-,17-,18+,19+,20-,21-,22+,23+,24-,25+/m1/s1. The van der Waals surface area contributed by atoms with E-state index in [1.54, 1.807) is 0 Å². The second kappa shape index (κ2) is 5.85. The molecule has 0 unspecified atom stereocenters. The number of rotatable bonds is 2. The number of epoxide rings is 2. The third-order valence-electron chi connectivity index (χ3n) is 10.9. The molecule has 2 heterocycles. The van der Waals surface area contributed by atoms with Gasteiger partial charge in [0.05, 0.1) is 6.10 Å². The van der Waals surface area contributed by atoms with E-state index >= 15 is 0 Å². The summed E-state index contributed by atoms with van der Waals surface area (Å²) in [4.78, 5) is 23.3. The minimum atomic E-state index is -0.768. The van der Waals surface area contributed by atoms with E-state index in [9.17, 15) is 9.59 Å². The molecule has 0 N–H and O–H groups in total. The van der Waals surface area contributed by atoms with Crippen molar-refractivity contribution in [3.63, 3.8) is 0 Å². The highest BCUT2D eigenvalue weighted by Crippen LogP contribution is 2.78. The molecule has 2 aliphatic heterocycles. The van der Waals surface area contributed by atoms with Crippen molar-refractivity contribution in [3.05, 3.63) is 0 Å². The zero-order valence-corrected chi connectivity index (χ0v) is 19.5. The number of hydrogen-bond donors (Lipinski definition) is 0. The first-order chi connectivity index (χ1) is 14.5. The lowest BCUT2D eigenvalue weighted by atomic mass is 9.44. The van der Waals surface area contributed by atoms with Crippen molar-refractivity contribution in [3.8, 4) is 0 Å². The van der Waals surface area contributed by atoms with E-state index in [0.29, 0.717) is 17.8 Å². The predicted molar refractivity (Wildman–Crippen MR) is 111 cm³/mol. The number of fused-ring (bicyclic) bond motifs is 5. The van der Waals surface area contributed by atoms with Crippen molar-refractivity contribution in [2.75, 3.05) is 0 Å². The van der Waals surface area contributed by atoms with E-state index in [1.165, 1.54) is 20.3 Å². The molecule has 0 aromatic carbocycles. The van der Waals surface area contributed by atoms with Gasteiger partial charge >= 0.3 is 11.9 Å². The molecule has 10 atom stereocenters. The third-order valence-corrected chi connectivity index (χ3v) is 10.9. The molecule has 6 aliphatic rings. The largest absolute Gasteiger partial charge is 0.462 e. The van der Waals surface area contributed by atoms with Crippen LogP contribution in [0, 0.1) is 28.6 Å². The van der Waals surface area contributed by atoms with Gasteiger partial charge in [0.15, 0.2) is 0 Å². The Morgan fingerprint density at radius 2 is 1.58 bits per heavy atom. The molecule has 0 aromatic rings. The Morgan fingerprint density at radius 3 is 2.29 bits per heavy atom. The maximum absolute atomic E-state index is 11.7. The lowest BCUT2D eigenvalue weighted by Gasteiger charge is -2.59. The fourth-order valence-electron chi connectivity index (χ4n) is 9.57. The lowest BCUT2D eigenvalue weighted by Crippen LogP contribution is -2.59. The maximum atomic E-state index is 11.7. The van der Waals surface area contributed by atoms with E-state index in [0.717, 1.165) is 44.9 Å². The molecular weight excluding hydrogens is 396 g/mol. The van der Waals surface area contributed by atoms with Crippen LogP contribution in [0.2, 0.25) is 0 Å². The first-order valence-corrected chi connectivity index (χ1v) is 12.3. The average molecular weight is 433 g/mol. The summed E-state index contributed by atoms with van der Waals surface area (Å²) in [6.07, 6.45) is 8.66. The first-order valence-electron chi connectivity index (χ1n) is 12.3. The smallest absolute Gasteiger partial charge is 0.305 e. The molecule has 0 bridgehead atoms. The number of esters is 2. The predicted octanol–water partition coefficient (Wildman–Crippen LogP) is 4.14. The van der Waals surface area contributed by atoms with Gasteiger partial charge in [-0.05, 0) is 62.7 Å². The van der Waals surface area contributed by atoms with Crippen LogP contribution >= 0.6 is 0 Å². The molecule has 0 amide bonds. The maximum Gasteiger partial charge on any atom is 0.305 e. The first kappa shape index (κ1) is 20.5. The van der Waals surface area contributed by atoms with Gasteiger partial charge in [-0.25, -0.2) is 0 Å². The third kappa shape index (κ3) is 2.31. The molecule has 6 fully saturated rings. The van der Waals surface area contributed by atoms with Crippen LogP contribution in [-0.2, 0) is 28.5 Å². The average Bonchev–Trinajstić information content (AvgIpc) is 3.47. The number of carbonyl (C=O) groups is 2. The van der Waals surface area contributed by atoms with E-state index < -0.39 is 5.79 Å². The molecule has 0 radical (unpaired) electrons. The van der Waals surface area contributed by atoms with Crippen LogP contribution in [0.3, 0.4) is 0 Å². The summed E-state index contributed by atoms with van der Waals surface area (Å²) in [6.45, 7) is 9.80. The van der Waals surface area contributed by atoms with Gasteiger partial charge in [0.2, 0.25) is 5.79 Å². The lowest BCUT2D eigenvalue weighted by molar-refractivity contribution is -0.159. The van der Waals surface area contributed by atoms with E-state index in [-0.39, 0.29) is 46.2 Å². The summed E-state index contributed by atoms with van der Waals surface area (Å²) < 4.78 is 24.1. The Hall–Kier alpha value is -1.14. The molecule has 31 heavy (non-hydrogen) atoms. The van der Waals surface area contributed by atoms with Crippen molar-refractivity contribution in [1.29, 1.82) is 0 Å². The fraction of sp³-hybridized carbons (Fsp3) is 0.920. The molecule has 172 valence electrons. The minimum Gasteiger partial charge on any atom is -0.462 e. The normalized spacial score (nSPS) is 58.4. The van der Waals surface area contributed by atoms with Crippen LogP contribution < -0.4 is 0 Å². The molecule has 0 aromatic heterocycles. The van der Waals surface area contributed by atoms with Crippen molar-refractivity contribution >= 4 is 11.9 Å². The Morgan fingerprint density at radius 1 is 0.903 bits per heavy atom. The monoisotopic (exact) mass is 432 g/mol.